The minimum Gasteiger partial charge on any atom is -0.385 e. The standard InChI is InChI=1S/C18H35NO/c1-18(2,3)16-8-7-15(13-19-17-9-10-17)14(12-16)6-5-11-20-4/h14-17,19H,5-13H2,1-4H3. The Morgan fingerprint density at radius 3 is 2.40 bits per heavy atom. The van der Waals surface area contributed by atoms with Crippen LogP contribution < -0.4 is 5.32 Å². The maximum atomic E-state index is 5.25. The molecule has 118 valence electrons. The van der Waals surface area contributed by atoms with Gasteiger partial charge in [0.05, 0.1) is 0 Å². The molecule has 2 aliphatic carbocycles. The van der Waals surface area contributed by atoms with Crippen molar-refractivity contribution in [3.63, 3.8) is 0 Å². The average Bonchev–Trinajstić information content (AvgIpc) is 3.20. The fourth-order valence-electron chi connectivity index (χ4n) is 3.83. The van der Waals surface area contributed by atoms with E-state index in [-0.39, 0.29) is 0 Å². The van der Waals surface area contributed by atoms with Crippen molar-refractivity contribution in [3.8, 4) is 0 Å². The highest BCUT2D eigenvalue weighted by atomic mass is 16.5. The normalized spacial score (nSPS) is 31.5. The lowest BCUT2D eigenvalue weighted by molar-refractivity contribution is 0.0848. The molecule has 0 aromatic rings. The van der Waals surface area contributed by atoms with Crippen LogP contribution in [-0.2, 0) is 4.74 Å². The first-order valence-electron chi connectivity index (χ1n) is 8.73. The lowest BCUT2D eigenvalue weighted by atomic mass is 9.64. The molecule has 2 saturated carbocycles. The molecule has 0 spiro atoms. The minimum absolute atomic E-state index is 0.481. The maximum absolute atomic E-state index is 5.25. The Balaban J connectivity index is 1.84. The second-order valence-electron chi connectivity index (χ2n) is 8.21. The van der Waals surface area contributed by atoms with E-state index in [0.29, 0.717) is 5.41 Å². The monoisotopic (exact) mass is 281 g/mol. The Morgan fingerprint density at radius 2 is 1.80 bits per heavy atom. The van der Waals surface area contributed by atoms with Gasteiger partial charge in [0, 0.05) is 19.8 Å². The Kier molecular flexibility index (Phi) is 5.92. The van der Waals surface area contributed by atoms with Crippen LogP contribution in [-0.4, -0.2) is 26.3 Å². The van der Waals surface area contributed by atoms with Crippen LogP contribution in [0.5, 0.6) is 0 Å². The number of hydrogen-bond donors (Lipinski definition) is 1. The second-order valence-corrected chi connectivity index (χ2v) is 8.21. The summed E-state index contributed by atoms with van der Waals surface area (Å²) in [6.07, 6.45) is 9.71. The zero-order chi connectivity index (χ0) is 14.6. The van der Waals surface area contributed by atoms with Crippen molar-refractivity contribution >= 4 is 0 Å². The molecule has 2 heteroatoms. The molecular formula is C18H35NO. The topological polar surface area (TPSA) is 21.3 Å². The summed E-state index contributed by atoms with van der Waals surface area (Å²) in [4.78, 5) is 0. The molecule has 2 rings (SSSR count). The van der Waals surface area contributed by atoms with Crippen molar-refractivity contribution in [2.75, 3.05) is 20.3 Å². The number of nitrogens with one attached hydrogen (secondary N) is 1. The highest BCUT2D eigenvalue weighted by Crippen LogP contribution is 2.44. The van der Waals surface area contributed by atoms with Gasteiger partial charge in [0.15, 0.2) is 0 Å². The molecule has 3 unspecified atom stereocenters. The van der Waals surface area contributed by atoms with Gasteiger partial charge in [-0.05, 0) is 74.7 Å². The Morgan fingerprint density at radius 1 is 1.05 bits per heavy atom. The second kappa shape index (κ2) is 7.26. The van der Waals surface area contributed by atoms with Gasteiger partial charge in [-0.25, -0.2) is 0 Å². The van der Waals surface area contributed by atoms with Gasteiger partial charge in [-0.1, -0.05) is 20.8 Å². The first-order valence-corrected chi connectivity index (χ1v) is 8.73. The summed E-state index contributed by atoms with van der Waals surface area (Å²) in [5, 5.41) is 3.77. The fraction of sp³-hybridized carbons (Fsp3) is 1.00. The number of ether oxygens (including phenoxy) is 1. The van der Waals surface area contributed by atoms with Crippen LogP contribution in [0.4, 0.5) is 0 Å². The highest BCUT2D eigenvalue weighted by Gasteiger charge is 2.36. The Labute approximate surface area is 126 Å². The molecule has 0 aromatic carbocycles. The summed E-state index contributed by atoms with van der Waals surface area (Å²) >= 11 is 0. The summed E-state index contributed by atoms with van der Waals surface area (Å²) in [6, 6.07) is 0.856. The van der Waals surface area contributed by atoms with Crippen molar-refractivity contribution < 1.29 is 4.74 Å². The van der Waals surface area contributed by atoms with Crippen molar-refractivity contribution in [1.29, 1.82) is 0 Å². The van der Waals surface area contributed by atoms with E-state index in [9.17, 15) is 0 Å². The van der Waals surface area contributed by atoms with Gasteiger partial charge in [-0.3, -0.25) is 0 Å². The molecular weight excluding hydrogens is 246 g/mol. The minimum atomic E-state index is 0.481. The molecule has 0 heterocycles. The number of methoxy groups -OCH3 is 1. The molecule has 2 fully saturated rings. The molecule has 0 saturated heterocycles. The quantitative estimate of drug-likeness (QED) is 0.705. The van der Waals surface area contributed by atoms with E-state index in [4.69, 9.17) is 4.74 Å². The summed E-state index contributed by atoms with van der Waals surface area (Å²) in [7, 11) is 1.82. The maximum Gasteiger partial charge on any atom is 0.0462 e. The molecule has 20 heavy (non-hydrogen) atoms. The molecule has 0 radical (unpaired) electrons. The van der Waals surface area contributed by atoms with Gasteiger partial charge in [-0.2, -0.15) is 0 Å². The summed E-state index contributed by atoms with van der Waals surface area (Å²) < 4.78 is 5.25. The third-order valence-electron chi connectivity index (χ3n) is 5.53. The molecule has 2 aliphatic rings. The van der Waals surface area contributed by atoms with E-state index in [1.165, 1.54) is 51.5 Å². The lowest BCUT2D eigenvalue weighted by Crippen LogP contribution is -2.37. The zero-order valence-electron chi connectivity index (χ0n) is 14.1. The van der Waals surface area contributed by atoms with Gasteiger partial charge in [0.1, 0.15) is 0 Å². The van der Waals surface area contributed by atoms with E-state index in [2.05, 4.69) is 26.1 Å². The first-order chi connectivity index (χ1) is 9.50. The van der Waals surface area contributed by atoms with Crippen molar-refractivity contribution in [3.05, 3.63) is 0 Å². The highest BCUT2D eigenvalue weighted by molar-refractivity contribution is 4.88. The van der Waals surface area contributed by atoms with E-state index >= 15 is 0 Å². The average molecular weight is 281 g/mol. The van der Waals surface area contributed by atoms with Crippen LogP contribution in [0.1, 0.15) is 65.7 Å². The van der Waals surface area contributed by atoms with Crippen LogP contribution in [0.15, 0.2) is 0 Å². The first kappa shape index (κ1) is 16.3. The smallest absolute Gasteiger partial charge is 0.0462 e. The number of rotatable bonds is 7. The summed E-state index contributed by atoms with van der Waals surface area (Å²) in [5.74, 6) is 2.73. The predicted molar refractivity (Wildman–Crippen MR) is 85.9 cm³/mol. The molecule has 2 nitrogen and oxygen atoms in total. The van der Waals surface area contributed by atoms with Crippen LogP contribution in [0.25, 0.3) is 0 Å². The van der Waals surface area contributed by atoms with Crippen LogP contribution in [0, 0.1) is 23.2 Å². The molecule has 0 amide bonds. The zero-order valence-corrected chi connectivity index (χ0v) is 14.1. The van der Waals surface area contributed by atoms with Gasteiger partial charge in [0.2, 0.25) is 0 Å². The van der Waals surface area contributed by atoms with E-state index in [0.717, 1.165) is 30.4 Å². The third-order valence-corrected chi connectivity index (χ3v) is 5.53. The van der Waals surface area contributed by atoms with Gasteiger partial charge >= 0.3 is 0 Å². The summed E-state index contributed by atoms with van der Waals surface area (Å²) in [5.41, 5.74) is 0.481. The van der Waals surface area contributed by atoms with Crippen molar-refractivity contribution in [2.45, 2.75) is 71.8 Å². The van der Waals surface area contributed by atoms with E-state index in [1.807, 2.05) is 7.11 Å². The molecule has 0 aliphatic heterocycles. The molecule has 3 atom stereocenters. The SMILES string of the molecule is COCCCC1CC(C(C)(C)C)CCC1CNC1CC1. The van der Waals surface area contributed by atoms with Gasteiger partial charge in [0.25, 0.3) is 0 Å². The molecule has 0 bridgehead atoms. The Hall–Kier alpha value is -0.0800. The van der Waals surface area contributed by atoms with Crippen molar-refractivity contribution in [2.24, 2.45) is 23.2 Å². The van der Waals surface area contributed by atoms with Gasteiger partial charge in [-0.15, -0.1) is 0 Å². The number of hydrogen-bond acceptors (Lipinski definition) is 2. The van der Waals surface area contributed by atoms with Gasteiger partial charge < -0.3 is 10.1 Å². The van der Waals surface area contributed by atoms with Crippen LogP contribution in [0.3, 0.4) is 0 Å². The van der Waals surface area contributed by atoms with Crippen molar-refractivity contribution in [1.82, 2.24) is 5.32 Å². The molecule has 1 N–H and O–H groups in total. The largest absolute Gasteiger partial charge is 0.385 e. The van der Waals surface area contributed by atoms with E-state index in [1.54, 1.807) is 0 Å². The van der Waals surface area contributed by atoms with Crippen LogP contribution >= 0.6 is 0 Å². The fourth-order valence-corrected chi connectivity index (χ4v) is 3.83. The predicted octanol–water partition coefficient (Wildman–Crippen LogP) is 4.24. The van der Waals surface area contributed by atoms with Crippen LogP contribution in [0.2, 0.25) is 0 Å². The lowest BCUT2D eigenvalue weighted by Gasteiger charge is -2.42. The third kappa shape index (κ3) is 5.04. The molecule has 0 aromatic heterocycles. The summed E-state index contributed by atoms with van der Waals surface area (Å²) in [6.45, 7) is 9.46. The Bertz CT molecular complexity index is 280. The van der Waals surface area contributed by atoms with E-state index < -0.39 is 0 Å².